The van der Waals surface area contributed by atoms with Crippen LogP contribution < -0.4 is 0 Å². The number of fused-ring (bicyclic) bond motifs is 3. The van der Waals surface area contributed by atoms with Gasteiger partial charge in [0.15, 0.2) is 0 Å². The standard InChI is InChI=1S/C37H50Br2O2S/c1-5-7-9-11-13-27(3)40-23-21-37(22-24-41-28(4)14-12-10-8-6-2)33-25-29(35-19-20-36(39)42-35)15-17-31(33)32-18-16-30(38)26-34(32)37/h15-20,25-28H,5-14,21-24H2,1-4H3/t27-,28-/m0/s1. The van der Waals surface area contributed by atoms with Crippen LogP contribution in [0.3, 0.4) is 0 Å². The van der Waals surface area contributed by atoms with Gasteiger partial charge in [-0.05, 0) is 114 Å². The molecule has 0 saturated heterocycles. The van der Waals surface area contributed by atoms with Gasteiger partial charge in [0.2, 0.25) is 0 Å². The van der Waals surface area contributed by atoms with Crippen LogP contribution in [0.5, 0.6) is 0 Å². The van der Waals surface area contributed by atoms with E-state index in [-0.39, 0.29) is 17.6 Å². The summed E-state index contributed by atoms with van der Waals surface area (Å²) in [5, 5.41) is 0. The van der Waals surface area contributed by atoms with E-state index in [9.17, 15) is 0 Å². The van der Waals surface area contributed by atoms with Crippen molar-refractivity contribution >= 4 is 43.2 Å². The Morgan fingerprint density at radius 2 is 1.26 bits per heavy atom. The second kappa shape index (κ2) is 16.9. The van der Waals surface area contributed by atoms with Gasteiger partial charge in [0, 0.05) is 28.0 Å². The van der Waals surface area contributed by atoms with Crippen molar-refractivity contribution in [1.82, 2.24) is 0 Å². The monoisotopic (exact) mass is 716 g/mol. The van der Waals surface area contributed by atoms with E-state index in [2.05, 4.69) is 108 Å². The third kappa shape index (κ3) is 8.81. The third-order valence-corrected chi connectivity index (χ3v) is 11.1. The predicted molar refractivity (Wildman–Crippen MR) is 189 cm³/mol. The summed E-state index contributed by atoms with van der Waals surface area (Å²) in [4.78, 5) is 1.30. The van der Waals surface area contributed by atoms with E-state index in [0.717, 1.165) is 43.4 Å². The Morgan fingerprint density at radius 1 is 0.690 bits per heavy atom. The summed E-state index contributed by atoms with van der Waals surface area (Å²) in [6.07, 6.45) is 15.1. The molecule has 1 aliphatic rings. The Hall–Kier alpha value is -0.980. The minimum atomic E-state index is -0.150. The smallest absolute Gasteiger partial charge is 0.0705 e. The van der Waals surface area contributed by atoms with Crippen LogP contribution in [0.15, 0.2) is 56.8 Å². The number of hydrogen-bond donors (Lipinski definition) is 0. The SMILES string of the molecule is CCCCCC[C@H](C)OCCC1(CCO[C@@H](C)CCCCCC)c2cc(Br)ccc2-c2ccc(-c3ccc(Br)s3)cc21. The van der Waals surface area contributed by atoms with Crippen molar-refractivity contribution in [2.45, 2.75) is 122 Å². The molecule has 2 atom stereocenters. The lowest BCUT2D eigenvalue weighted by Gasteiger charge is -2.33. The summed E-state index contributed by atoms with van der Waals surface area (Å²) in [7, 11) is 0. The molecule has 0 fully saturated rings. The number of rotatable bonds is 19. The topological polar surface area (TPSA) is 18.5 Å². The molecule has 0 unspecified atom stereocenters. The quantitative estimate of drug-likeness (QED) is 0.115. The Bertz CT molecular complexity index is 1230. The van der Waals surface area contributed by atoms with Gasteiger partial charge in [0.1, 0.15) is 0 Å². The van der Waals surface area contributed by atoms with Crippen LogP contribution in [0.1, 0.15) is 116 Å². The molecule has 2 aromatic carbocycles. The lowest BCUT2D eigenvalue weighted by molar-refractivity contribution is 0.0315. The van der Waals surface area contributed by atoms with Crippen molar-refractivity contribution < 1.29 is 9.47 Å². The predicted octanol–water partition coefficient (Wildman–Crippen LogP) is 12.7. The number of hydrogen-bond acceptors (Lipinski definition) is 3. The Kier molecular flexibility index (Phi) is 13.7. The minimum Gasteiger partial charge on any atom is -0.378 e. The normalized spacial score (nSPS) is 15.0. The van der Waals surface area contributed by atoms with Crippen molar-refractivity contribution in [2.24, 2.45) is 0 Å². The average molecular weight is 719 g/mol. The molecular formula is C37H50Br2O2S. The highest BCUT2D eigenvalue weighted by molar-refractivity contribution is 9.11. The molecule has 0 bridgehead atoms. The first-order valence-corrected chi connectivity index (χ1v) is 18.7. The summed E-state index contributed by atoms with van der Waals surface area (Å²) in [5.74, 6) is 0. The molecular weight excluding hydrogens is 668 g/mol. The van der Waals surface area contributed by atoms with Crippen molar-refractivity contribution in [3.63, 3.8) is 0 Å². The van der Waals surface area contributed by atoms with Gasteiger partial charge in [-0.2, -0.15) is 0 Å². The van der Waals surface area contributed by atoms with Gasteiger partial charge in [0.25, 0.3) is 0 Å². The highest BCUT2D eigenvalue weighted by Crippen LogP contribution is 2.54. The van der Waals surface area contributed by atoms with Crippen LogP contribution in [-0.2, 0) is 14.9 Å². The van der Waals surface area contributed by atoms with Crippen LogP contribution in [0.2, 0.25) is 0 Å². The molecule has 0 N–H and O–H groups in total. The van der Waals surface area contributed by atoms with E-state index in [0.29, 0.717) is 0 Å². The van der Waals surface area contributed by atoms with Crippen molar-refractivity contribution in [1.29, 1.82) is 0 Å². The fourth-order valence-electron chi connectivity index (χ4n) is 6.51. The number of benzene rings is 2. The Balaban J connectivity index is 1.60. The lowest BCUT2D eigenvalue weighted by Crippen LogP contribution is -2.30. The average Bonchev–Trinajstić information content (AvgIpc) is 3.52. The molecule has 2 nitrogen and oxygen atoms in total. The van der Waals surface area contributed by atoms with Gasteiger partial charge >= 0.3 is 0 Å². The van der Waals surface area contributed by atoms with Gasteiger partial charge in [0.05, 0.1) is 16.0 Å². The van der Waals surface area contributed by atoms with Crippen LogP contribution in [0.25, 0.3) is 21.6 Å². The first kappa shape index (κ1) is 33.9. The highest BCUT2D eigenvalue weighted by Gasteiger charge is 2.43. The Labute approximate surface area is 276 Å². The number of halogens is 2. The maximum atomic E-state index is 6.53. The van der Waals surface area contributed by atoms with E-state index in [1.807, 2.05) is 0 Å². The molecule has 42 heavy (non-hydrogen) atoms. The van der Waals surface area contributed by atoms with Crippen LogP contribution in [0, 0.1) is 0 Å². The fraction of sp³-hybridized carbons (Fsp3) is 0.568. The molecule has 1 aliphatic carbocycles. The second-order valence-electron chi connectivity index (χ2n) is 12.2. The number of unbranched alkanes of at least 4 members (excludes halogenated alkanes) is 6. The largest absolute Gasteiger partial charge is 0.378 e. The number of thiophene rings is 1. The van der Waals surface area contributed by atoms with Crippen LogP contribution >= 0.6 is 43.2 Å². The van der Waals surface area contributed by atoms with Gasteiger partial charge < -0.3 is 9.47 Å². The van der Waals surface area contributed by atoms with Gasteiger partial charge in [-0.3, -0.25) is 0 Å². The fourth-order valence-corrected chi connectivity index (χ4v) is 8.25. The van der Waals surface area contributed by atoms with Gasteiger partial charge in [-0.1, -0.05) is 99.3 Å². The summed E-state index contributed by atoms with van der Waals surface area (Å²) in [6, 6.07) is 18.3. The summed E-state index contributed by atoms with van der Waals surface area (Å²) in [6.45, 7) is 10.6. The van der Waals surface area contributed by atoms with Crippen molar-refractivity contribution in [2.75, 3.05) is 13.2 Å². The third-order valence-electron chi connectivity index (χ3n) is 8.97. The van der Waals surface area contributed by atoms with E-state index in [4.69, 9.17) is 9.47 Å². The van der Waals surface area contributed by atoms with E-state index >= 15 is 0 Å². The lowest BCUT2D eigenvalue weighted by atomic mass is 9.73. The van der Waals surface area contributed by atoms with Crippen molar-refractivity contribution in [3.8, 4) is 21.6 Å². The summed E-state index contributed by atoms with van der Waals surface area (Å²) in [5.41, 5.74) is 6.69. The van der Waals surface area contributed by atoms with Gasteiger partial charge in [-0.25, -0.2) is 0 Å². The highest BCUT2D eigenvalue weighted by atomic mass is 79.9. The van der Waals surface area contributed by atoms with E-state index < -0.39 is 0 Å². The molecule has 4 rings (SSSR count). The molecule has 0 aliphatic heterocycles. The Morgan fingerprint density at radius 3 is 1.81 bits per heavy atom. The van der Waals surface area contributed by atoms with E-state index in [1.165, 1.54) is 87.8 Å². The maximum Gasteiger partial charge on any atom is 0.0705 e. The molecule has 0 radical (unpaired) electrons. The molecule has 230 valence electrons. The molecule has 1 heterocycles. The zero-order valence-electron chi connectivity index (χ0n) is 26.2. The number of ether oxygens (including phenoxy) is 2. The van der Waals surface area contributed by atoms with Gasteiger partial charge in [-0.15, -0.1) is 11.3 Å². The first-order valence-electron chi connectivity index (χ1n) is 16.3. The molecule has 5 heteroatoms. The molecule has 3 aromatic rings. The van der Waals surface area contributed by atoms with Crippen LogP contribution in [-0.4, -0.2) is 25.4 Å². The molecule has 0 spiro atoms. The zero-order valence-corrected chi connectivity index (χ0v) is 30.1. The molecule has 0 amide bonds. The first-order chi connectivity index (χ1) is 20.4. The summed E-state index contributed by atoms with van der Waals surface area (Å²) >= 11 is 9.29. The van der Waals surface area contributed by atoms with E-state index in [1.54, 1.807) is 11.3 Å². The van der Waals surface area contributed by atoms with Crippen LogP contribution in [0.4, 0.5) is 0 Å². The summed E-state index contributed by atoms with van der Waals surface area (Å²) < 4.78 is 15.4. The minimum absolute atomic E-state index is 0.150. The molecule has 1 aromatic heterocycles. The second-order valence-corrected chi connectivity index (χ2v) is 15.6. The van der Waals surface area contributed by atoms with Crippen molar-refractivity contribution in [3.05, 3.63) is 67.9 Å². The molecule has 0 saturated carbocycles. The zero-order chi connectivity index (χ0) is 30.0. The maximum absolute atomic E-state index is 6.53.